The standard InChI is InChI=1S/C25H30F2N6OS/c1-6-17(13-34)8-10-29-23-21(24-32-22-16(5)28-11-9-20(22)35-24)15(4)31-25(33-23)30-12-18(14(3)26)19(27)7-2/h7,9,11,17,34H,2-3,6,8,10,12-13H2,1,4-5H3,(H2,29,30,31,33)/b19-18+. The smallest absolute Gasteiger partial charge is 0.225 e. The first-order chi connectivity index (χ1) is 16.8. The number of pyridine rings is 1. The van der Waals surface area contributed by atoms with Crippen molar-refractivity contribution >= 4 is 33.3 Å². The highest BCUT2D eigenvalue weighted by Gasteiger charge is 2.19. The molecule has 3 rings (SSSR count). The molecule has 0 aliphatic carbocycles. The number of aliphatic hydroxyl groups excluding tert-OH is 1. The number of aliphatic hydroxyl groups is 1. The molecule has 1 unspecified atom stereocenters. The number of hydrogen-bond donors (Lipinski definition) is 3. The average molecular weight is 501 g/mol. The van der Waals surface area contributed by atoms with Crippen molar-refractivity contribution in [3.8, 4) is 10.6 Å². The Bertz CT molecular complexity index is 1250. The van der Waals surface area contributed by atoms with Crippen LogP contribution in [0.4, 0.5) is 20.5 Å². The van der Waals surface area contributed by atoms with E-state index in [0.717, 1.165) is 45.4 Å². The molecule has 3 aromatic heterocycles. The highest BCUT2D eigenvalue weighted by atomic mass is 32.1. The van der Waals surface area contributed by atoms with Crippen LogP contribution in [0.5, 0.6) is 0 Å². The van der Waals surface area contributed by atoms with Crippen LogP contribution < -0.4 is 10.6 Å². The minimum atomic E-state index is -0.894. The van der Waals surface area contributed by atoms with Crippen molar-refractivity contribution < 1.29 is 13.9 Å². The SMILES string of the molecule is C=C/C(F)=C(/CNc1nc(C)c(-c2nc3c(C)nccc3s2)c(NCCC(CC)CO)n1)C(=C)F. The van der Waals surface area contributed by atoms with Crippen LogP contribution >= 0.6 is 11.3 Å². The lowest BCUT2D eigenvalue weighted by Crippen LogP contribution is -2.15. The maximum Gasteiger partial charge on any atom is 0.225 e. The van der Waals surface area contributed by atoms with E-state index in [1.54, 1.807) is 6.20 Å². The maximum atomic E-state index is 14.0. The Morgan fingerprint density at radius 2 is 1.97 bits per heavy atom. The third-order valence-corrected chi connectivity index (χ3v) is 6.73. The first-order valence-corrected chi connectivity index (χ1v) is 12.2. The lowest BCUT2D eigenvalue weighted by Gasteiger charge is -2.16. The van der Waals surface area contributed by atoms with Crippen LogP contribution in [0.1, 0.15) is 31.2 Å². The van der Waals surface area contributed by atoms with Crippen LogP contribution in [0.15, 0.2) is 48.7 Å². The largest absolute Gasteiger partial charge is 0.396 e. The fourth-order valence-corrected chi connectivity index (χ4v) is 4.66. The van der Waals surface area contributed by atoms with Gasteiger partial charge in [0.2, 0.25) is 5.95 Å². The number of rotatable bonds is 12. The van der Waals surface area contributed by atoms with Crippen LogP contribution in [-0.2, 0) is 0 Å². The molecule has 0 amide bonds. The number of halogens is 2. The number of aromatic nitrogens is 4. The Labute approximate surface area is 207 Å². The molecular weight excluding hydrogens is 470 g/mol. The third kappa shape index (κ3) is 6.26. The number of nitrogens with one attached hydrogen (secondary N) is 2. The van der Waals surface area contributed by atoms with Crippen LogP contribution in [0, 0.1) is 19.8 Å². The maximum absolute atomic E-state index is 14.0. The Morgan fingerprint density at radius 3 is 2.60 bits per heavy atom. The second kappa shape index (κ2) is 11.9. The molecule has 0 radical (unpaired) electrons. The van der Waals surface area contributed by atoms with E-state index in [0.29, 0.717) is 18.1 Å². The van der Waals surface area contributed by atoms with Gasteiger partial charge in [-0.3, -0.25) is 4.98 Å². The monoisotopic (exact) mass is 500 g/mol. The van der Waals surface area contributed by atoms with Gasteiger partial charge >= 0.3 is 0 Å². The molecule has 0 bridgehead atoms. The first-order valence-electron chi connectivity index (χ1n) is 11.3. The average Bonchev–Trinajstić information content (AvgIpc) is 3.26. The zero-order valence-electron chi connectivity index (χ0n) is 20.2. The second-order valence-corrected chi connectivity index (χ2v) is 9.11. The van der Waals surface area contributed by atoms with E-state index in [9.17, 15) is 13.9 Å². The molecule has 186 valence electrons. The molecule has 0 fully saturated rings. The van der Waals surface area contributed by atoms with Gasteiger partial charge in [0.25, 0.3) is 0 Å². The predicted octanol–water partition coefficient (Wildman–Crippen LogP) is 5.89. The van der Waals surface area contributed by atoms with Gasteiger partial charge in [-0.05, 0) is 38.3 Å². The Morgan fingerprint density at radius 1 is 1.20 bits per heavy atom. The van der Waals surface area contributed by atoms with Gasteiger partial charge in [0.1, 0.15) is 28.0 Å². The molecule has 3 N–H and O–H groups in total. The number of aryl methyl sites for hydroxylation is 2. The summed E-state index contributed by atoms with van der Waals surface area (Å²) < 4.78 is 28.7. The van der Waals surface area contributed by atoms with E-state index in [-0.39, 0.29) is 30.6 Å². The summed E-state index contributed by atoms with van der Waals surface area (Å²) in [4.78, 5) is 18.2. The minimum absolute atomic E-state index is 0.113. The molecule has 10 heteroatoms. The van der Waals surface area contributed by atoms with Crippen molar-refractivity contribution in [2.45, 2.75) is 33.6 Å². The number of nitrogens with zero attached hydrogens (tertiary/aromatic N) is 4. The molecule has 7 nitrogen and oxygen atoms in total. The lowest BCUT2D eigenvalue weighted by molar-refractivity contribution is 0.217. The highest BCUT2D eigenvalue weighted by molar-refractivity contribution is 7.21. The molecule has 3 aromatic rings. The molecule has 35 heavy (non-hydrogen) atoms. The minimum Gasteiger partial charge on any atom is -0.396 e. The zero-order chi connectivity index (χ0) is 25.5. The van der Waals surface area contributed by atoms with Crippen molar-refractivity contribution in [1.82, 2.24) is 19.9 Å². The fourth-order valence-electron chi connectivity index (χ4n) is 3.54. The van der Waals surface area contributed by atoms with E-state index in [2.05, 4.69) is 38.7 Å². The fraction of sp³-hybridized carbons (Fsp3) is 0.360. The van der Waals surface area contributed by atoms with Crippen molar-refractivity contribution in [1.29, 1.82) is 0 Å². The van der Waals surface area contributed by atoms with Crippen LogP contribution in [-0.4, -0.2) is 44.7 Å². The van der Waals surface area contributed by atoms with Gasteiger partial charge in [-0.1, -0.05) is 26.5 Å². The van der Waals surface area contributed by atoms with E-state index < -0.39 is 11.7 Å². The summed E-state index contributed by atoms with van der Waals surface area (Å²) in [6.07, 6.45) is 4.29. The number of fused-ring (bicyclic) bond motifs is 1. The number of anilines is 2. The Balaban J connectivity index is 1.99. The third-order valence-electron chi connectivity index (χ3n) is 5.69. The van der Waals surface area contributed by atoms with Crippen LogP contribution in [0.25, 0.3) is 20.8 Å². The molecule has 0 spiro atoms. The molecule has 0 saturated carbocycles. The summed E-state index contributed by atoms with van der Waals surface area (Å²) >= 11 is 1.52. The molecule has 3 heterocycles. The summed E-state index contributed by atoms with van der Waals surface area (Å²) in [5.41, 5.74) is 2.80. The lowest BCUT2D eigenvalue weighted by atomic mass is 10.0. The van der Waals surface area contributed by atoms with Gasteiger partial charge in [0.05, 0.1) is 21.7 Å². The van der Waals surface area contributed by atoms with Gasteiger partial charge in [-0.15, -0.1) is 11.3 Å². The van der Waals surface area contributed by atoms with Gasteiger partial charge in [-0.25, -0.2) is 18.7 Å². The summed E-state index contributed by atoms with van der Waals surface area (Å²) in [7, 11) is 0. The summed E-state index contributed by atoms with van der Waals surface area (Å²) in [5, 5.41) is 16.5. The number of allylic oxidation sites excluding steroid dienone is 2. The topological polar surface area (TPSA) is 95.9 Å². The van der Waals surface area contributed by atoms with E-state index in [4.69, 9.17) is 4.98 Å². The zero-order valence-corrected chi connectivity index (χ0v) is 21.0. The van der Waals surface area contributed by atoms with E-state index in [1.165, 1.54) is 11.3 Å². The summed E-state index contributed by atoms with van der Waals surface area (Å²) in [6.45, 7) is 12.8. The van der Waals surface area contributed by atoms with Crippen LogP contribution in [0.3, 0.4) is 0 Å². The van der Waals surface area contributed by atoms with Crippen molar-refractivity contribution in [2.24, 2.45) is 5.92 Å². The van der Waals surface area contributed by atoms with E-state index >= 15 is 0 Å². The number of thiazole rings is 1. The quantitative estimate of drug-likeness (QED) is 0.267. The summed E-state index contributed by atoms with van der Waals surface area (Å²) in [5.74, 6) is -0.768. The molecule has 0 aliphatic rings. The van der Waals surface area contributed by atoms with E-state index in [1.807, 2.05) is 26.8 Å². The normalized spacial score (nSPS) is 12.9. The molecular formula is C25H30F2N6OS. The summed E-state index contributed by atoms with van der Waals surface area (Å²) in [6, 6.07) is 1.92. The molecule has 0 saturated heterocycles. The van der Waals surface area contributed by atoms with Crippen molar-refractivity contribution in [3.63, 3.8) is 0 Å². The van der Waals surface area contributed by atoms with Gasteiger partial charge in [0, 0.05) is 31.5 Å². The number of hydrogen-bond acceptors (Lipinski definition) is 8. The molecule has 0 aromatic carbocycles. The Kier molecular flexibility index (Phi) is 9.00. The van der Waals surface area contributed by atoms with Gasteiger partial charge < -0.3 is 15.7 Å². The first kappa shape index (κ1) is 26.4. The predicted molar refractivity (Wildman–Crippen MR) is 139 cm³/mol. The van der Waals surface area contributed by atoms with Crippen LogP contribution in [0.2, 0.25) is 0 Å². The molecule has 0 aliphatic heterocycles. The second-order valence-electron chi connectivity index (χ2n) is 8.08. The van der Waals surface area contributed by atoms with Crippen molar-refractivity contribution in [3.05, 3.63) is 60.1 Å². The Hall–Kier alpha value is -3.24. The highest BCUT2D eigenvalue weighted by Crippen LogP contribution is 2.36. The van der Waals surface area contributed by atoms with Gasteiger partial charge in [-0.2, -0.15) is 4.98 Å². The van der Waals surface area contributed by atoms with Gasteiger partial charge in [0.15, 0.2) is 0 Å². The molecule has 1 atom stereocenters. The van der Waals surface area contributed by atoms with Crippen molar-refractivity contribution in [2.75, 3.05) is 30.3 Å².